The van der Waals surface area contributed by atoms with Crippen LogP contribution in [0.3, 0.4) is 0 Å². The van der Waals surface area contributed by atoms with Crippen LogP contribution in [0.4, 0.5) is 0 Å². The van der Waals surface area contributed by atoms with Crippen molar-refractivity contribution in [3.05, 3.63) is 12.3 Å². The normalized spacial score (nSPS) is 24.1. The van der Waals surface area contributed by atoms with E-state index in [4.69, 9.17) is 0 Å². The first-order chi connectivity index (χ1) is 7.74. The Balaban J connectivity index is 2.45. The Morgan fingerprint density at radius 2 is 2.06 bits per heavy atom. The maximum atomic E-state index is 4.23. The molecule has 100 valence electrons. The van der Waals surface area contributed by atoms with Gasteiger partial charge in [-0.1, -0.05) is 34.3 Å². The van der Waals surface area contributed by atoms with E-state index < -0.39 is 0 Å². The van der Waals surface area contributed by atoms with Gasteiger partial charge in [-0.2, -0.15) is 0 Å². The van der Waals surface area contributed by atoms with Crippen LogP contribution in [0.1, 0.15) is 40.5 Å². The second-order valence-corrected chi connectivity index (χ2v) is 6.74. The van der Waals surface area contributed by atoms with Gasteiger partial charge in [0.15, 0.2) is 0 Å². The topological polar surface area (TPSA) is 6.48 Å². The number of hydrogen-bond acceptors (Lipinski definition) is 2. The fourth-order valence-corrected chi connectivity index (χ4v) is 2.66. The molecule has 1 fully saturated rings. The molecule has 0 amide bonds. The predicted octanol–water partition coefficient (Wildman–Crippen LogP) is 3.21. The maximum absolute atomic E-state index is 4.23. The van der Waals surface area contributed by atoms with Crippen LogP contribution in [0.2, 0.25) is 0 Å². The second-order valence-electron chi connectivity index (χ2n) is 6.74. The van der Waals surface area contributed by atoms with E-state index in [0.29, 0.717) is 6.04 Å². The molecule has 1 aliphatic rings. The minimum atomic E-state index is 0.276. The molecule has 0 aromatic rings. The van der Waals surface area contributed by atoms with Gasteiger partial charge in [0.05, 0.1) is 0 Å². The third-order valence-corrected chi connectivity index (χ3v) is 4.11. The molecular weight excluding hydrogens is 208 g/mol. The highest BCUT2D eigenvalue weighted by atomic mass is 15.2. The Morgan fingerprint density at radius 3 is 2.47 bits per heavy atom. The lowest BCUT2D eigenvalue weighted by Gasteiger charge is -2.28. The van der Waals surface area contributed by atoms with E-state index in [2.05, 4.69) is 58.2 Å². The molecule has 0 aliphatic carbocycles. The summed E-state index contributed by atoms with van der Waals surface area (Å²) in [6.07, 6.45) is 2.52. The van der Waals surface area contributed by atoms with Crippen LogP contribution < -0.4 is 0 Å². The van der Waals surface area contributed by atoms with Crippen LogP contribution in [-0.2, 0) is 0 Å². The monoisotopic (exact) mass is 238 g/mol. The van der Waals surface area contributed by atoms with Gasteiger partial charge in [-0.15, -0.1) is 0 Å². The summed E-state index contributed by atoms with van der Waals surface area (Å²) in [6, 6.07) is 0.634. The van der Waals surface area contributed by atoms with E-state index in [9.17, 15) is 0 Å². The Morgan fingerprint density at radius 1 is 1.47 bits per heavy atom. The summed E-state index contributed by atoms with van der Waals surface area (Å²) in [5.74, 6) is 0.796. The molecule has 2 nitrogen and oxygen atoms in total. The molecule has 2 heteroatoms. The summed E-state index contributed by atoms with van der Waals surface area (Å²) in [5.41, 5.74) is 1.57. The molecule has 0 bridgehead atoms. The van der Waals surface area contributed by atoms with Gasteiger partial charge in [0.2, 0.25) is 0 Å². The zero-order valence-electron chi connectivity index (χ0n) is 12.6. The molecule has 17 heavy (non-hydrogen) atoms. The fourth-order valence-electron chi connectivity index (χ4n) is 2.66. The molecule has 0 unspecified atom stereocenters. The largest absolute Gasteiger partial charge is 0.374 e. The highest BCUT2D eigenvalue weighted by molar-refractivity contribution is 5.14. The quantitative estimate of drug-likeness (QED) is 0.725. The summed E-state index contributed by atoms with van der Waals surface area (Å²) >= 11 is 0. The number of nitrogens with zero attached hydrogens (tertiary/aromatic N) is 2. The van der Waals surface area contributed by atoms with E-state index in [0.717, 1.165) is 12.5 Å². The lowest BCUT2D eigenvalue weighted by atomic mass is 9.88. The van der Waals surface area contributed by atoms with E-state index in [1.165, 1.54) is 25.1 Å². The van der Waals surface area contributed by atoms with Crippen molar-refractivity contribution in [3.8, 4) is 0 Å². The average molecular weight is 238 g/mol. The van der Waals surface area contributed by atoms with Crippen LogP contribution in [0.5, 0.6) is 0 Å². The van der Waals surface area contributed by atoms with E-state index >= 15 is 0 Å². The highest BCUT2D eigenvalue weighted by Crippen LogP contribution is 2.41. The van der Waals surface area contributed by atoms with Crippen molar-refractivity contribution in [2.75, 3.05) is 27.2 Å². The van der Waals surface area contributed by atoms with Crippen LogP contribution in [0, 0.1) is 11.3 Å². The zero-order valence-corrected chi connectivity index (χ0v) is 12.6. The van der Waals surface area contributed by atoms with Crippen LogP contribution in [0.25, 0.3) is 0 Å². The van der Waals surface area contributed by atoms with Gasteiger partial charge in [-0.05, 0) is 32.4 Å². The standard InChI is InChI=1S/C15H30N2/c1-12(2)8-9-16(6)11-14-10-15(4,5)13(3)17(14)7/h12,14H,3,8-11H2,1-2,4-7H3/t14-/m0/s1. The summed E-state index contributed by atoms with van der Waals surface area (Å²) in [5, 5.41) is 0. The van der Waals surface area contributed by atoms with Gasteiger partial charge in [0.25, 0.3) is 0 Å². The molecule has 1 rings (SSSR count). The van der Waals surface area contributed by atoms with Crippen molar-refractivity contribution in [1.82, 2.24) is 9.80 Å². The van der Waals surface area contributed by atoms with Crippen molar-refractivity contribution in [2.24, 2.45) is 11.3 Å². The minimum Gasteiger partial charge on any atom is -0.374 e. The Kier molecular flexibility index (Phi) is 4.65. The SMILES string of the molecule is C=C1N(C)[C@H](CN(C)CCC(C)C)CC1(C)C. The number of allylic oxidation sites excluding steroid dienone is 1. The van der Waals surface area contributed by atoms with Crippen molar-refractivity contribution in [3.63, 3.8) is 0 Å². The number of likely N-dealkylation sites (tertiary alicyclic amines) is 1. The molecule has 1 atom stereocenters. The Hall–Kier alpha value is -0.500. The predicted molar refractivity (Wildman–Crippen MR) is 76.0 cm³/mol. The van der Waals surface area contributed by atoms with Crippen molar-refractivity contribution in [1.29, 1.82) is 0 Å². The van der Waals surface area contributed by atoms with Gasteiger partial charge in [-0.3, -0.25) is 0 Å². The van der Waals surface area contributed by atoms with Crippen LogP contribution >= 0.6 is 0 Å². The summed E-state index contributed by atoms with van der Waals surface area (Å²) in [6.45, 7) is 15.8. The second kappa shape index (κ2) is 5.43. The minimum absolute atomic E-state index is 0.276. The lowest BCUT2D eigenvalue weighted by Crippen LogP contribution is -2.36. The van der Waals surface area contributed by atoms with Crippen molar-refractivity contribution < 1.29 is 0 Å². The lowest BCUT2D eigenvalue weighted by molar-refractivity contribution is 0.227. The van der Waals surface area contributed by atoms with E-state index in [1.807, 2.05) is 0 Å². The van der Waals surface area contributed by atoms with Gasteiger partial charge >= 0.3 is 0 Å². The molecule has 0 aromatic heterocycles. The maximum Gasteiger partial charge on any atom is 0.0419 e. The Bertz CT molecular complexity index is 268. The van der Waals surface area contributed by atoms with Gasteiger partial charge in [-0.25, -0.2) is 0 Å². The molecule has 0 saturated carbocycles. The van der Waals surface area contributed by atoms with Crippen LogP contribution in [-0.4, -0.2) is 43.0 Å². The van der Waals surface area contributed by atoms with Crippen molar-refractivity contribution >= 4 is 0 Å². The number of likely N-dealkylation sites (N-methyl/N-ethyl adjacent to an activating group) is 2. The first-order valence-electron chi connectivity index (χ1n) is 6.85. The first kappa shape index (κ1) is 14.6. The van der Waals surface area contributed by atoms with Crippen LogP contribution in [0.15, 0.2) is 12.3 Å². The smallest absolute Gasteiger partial charge is 0.0419 e. The van der Waals surface area contributed by atoms with Gasteiger partial charge in [0.1, 0.15) is 0 Å². The highest BCUT2D eigenvalue weighted by Gasteiger charge is 2.38. The summed E-state index contributed by atoms with van der Waals surface area (Å²) in [4.78, 5) is 4.85. The molecule has 0 radical (unpaired) electrons. The molecule has 1 aliphatic heterocycles. The molecule has 1 heterocycles. The average Bonchev–Trinajstić information content (AvgIpc) is 2.39. The molecule has 1 saturated heterocycles. The fraction of sp³-hybridized carbons (Fsp3) is 0.867. The molecule has 0 N–H and O–H groups in total. The molecular formula is C15H30N2. The first-order valence-corrected chi connectivity index (χ1v) is 6.85. The van der Waals surface area contributed by atoms with Crippen molar-refractivity contribution in [2.45, 2.75) is 46.6 Å². The third-order valence-electron chi connectivity index (χ3n) is 4.11. The number of hydrogen-bond donors (Lipinski definition) is 0. The molecule has 0 spiro atoms. The van der Waals surface area contributed by atoms with E-state index in [-0.39, 0.29) is 5.41 Å². The third kappa shape index (κ3) is 3.74. The van der Waals surface area contributed by atoms with E-state index in [1.54, 1.807) is 0 Å². The zero-order chi connectivity index (χ0) is 13.2. The van der Waals surface area contributed by atoms with Gasteiger partial charge in [0, 0.05) is 30.7 Å². The Labute approximate surface area is 108 Å². The summed E-state index contributed by atoms with van der Waals surface area (Å²) < 4.78 is 0. The molecule has 0 aromatic carbocycles. The number of rotatable bonds is 5. The van der Waals surface area contributed by atoms with Gasteiger partial charge < -0.3 is 9.80 Å². The summed E-state index contributed by atoms with van der Waals surface area (Å²) in [7, 11) is 4.43.